The van der Waals surface area contributed by atoms with Crippen LogP contribution in [0.2, 0.25) is 0 Å². The lowest BCUT2D eigenvalue weighted by molar-refractivity contribution is 0.127. The maximum Gasteiger partial charge on any atom is -0.00205 e. The molecule has 2 saturated carbocycles. The molecule has 118 valence electrons. The van der Waals surface area contributed by atoms with E-state index in [1.807, 2.05) is 0 Å². The summed E-state index contributed by atoms with van der Waals surface area (Å²) in [5.41, 5.74) is 0.570. The first-order valence-electron chi connectivity index (χ1n) is 9.32. The van der Waals surface area contributed by atoms with E-state index in [0.717, 1.165) is 17.8 Å². The van der Waals surface area contributed by atoms with Gasteiger partial charge in [-0.2, -0.15) is 0 Å². The lowest BCUT2D eigenvalue weighted by Gasteiger charge is -2.39. The third kappa shape index (κ3) is 4.76. The van der Waals surface area contributed by atoms with Crippen molar-refractivity contribution in [1.82, 2.24) is 5.32 Å². The summed E-state index contributed by atoms with van der Waals surface area (Å²) in [6.07, 6.45) is 14.6. The van der Waals surface area contributed by atoms with Crippen molar-refractivity contribution in [1.29, 1.82) is 0 Å². The van der Waals surface area contributed by atoms with E-state index in [2.05, 4.69) is 26.1 Å². The van der Waals surface area contributed by atoms with Gasteiger partial charge in [0.1, 0.15) is 0 Å². The van der Waals surface area contributed by atoms with Crippen LogP contribution in [0.1, 0.15) is 85.0 Å². The first-order chi connectivity index (χ1) is 9.62. The Bertz CT molecular complexity index is 257. The number of nitrogens with one attached hydrogen (secondary N) is 1. The molecule has 0 saturated heterocycles. The highest BCUT2D eigenvalue weighted by molar-refractivity contribution is 4.83. The smallest absolute Gasteiger partial charge is 0.00205 e. The molecule has 0 atom stereocenters. The van der Waals surface area contributed by atoms with E-state index < -0.39 is 0 Å². The molecule has 1 nitrogen and oxygen atoms in total. The Labute approximate surface area is 127 Å². The zero-order valence-corrected chi connectivity index (χ0v) is 14.2. The average Bonchev–Trinajstić information content (AvgIpc) is 2.97. The monoisotopic (exact) mass is 279 g/mol. The van der Waals surface area contributed by atoms with Gasteiger partial charge in [-0.05, 0) is 68.4 Å². The van der Waals surface area contributed by atoms with Gasteiger partial charge < -0.3 is 5.32 Å². The zero-order valence-electron chi connectivity index (χ0n) is 14.2. The standard InChI is InChI=1S/C19H37N/c1-4-19(2,3)18-11-9-17(10-12-18)15-20-14-13-16-7-5-6-8-16/h16-18,20H,4-15H2,1-3H3. The van der Waals surface area contributed by atoms with Crippen LogP contribution < -0.4 is 5.32 Å². The van der Waals surface area contributed by atoms with Crippen molar-refractivity contribution in [2.24, 2.45) is 23.2 Å². The van der Waals surface area contributed by atoms with Crippen molar-refractivity contribution in [3.05, 3.63) is 0 Å². The second-order valence-corrected chi connectivity index (χ2v) is 8.20. The molecule has 0 aromatic carbocycles. The summed E-state index contributed by atoms with van der Waals surface area (Å²) in [5.74, 6) is 2.98. The van der Waals surface area contributed by atoms with Crippen LogP contribution >= 0.6 is 0 Å². The molecule has 0 aliphatic heterocycles. The van der Waals surface area contributed by atoms with Gasteiger partial charge in [-0.3, -0.25) is 0 Å². The molecule has 1 N–H and O–H groups in total. The van der Waals surface area contributed by atoms with Crippen LogP contribution in [-0.4, -0.2) is 13.1 Å². The normalized spacial score (nSPS) is 28.9. The fourth-order valence-corrected chi connectivity index (χ4v) is 4.35. The van der Waals surface area contributed by atoms with E-state index in [1.54, 1.807) is 0 Å². The van der Waals surface area contributed by atoms with Gasteiger partial charge >= 0.3 is 0 Å². The first kappa shape index (κ1) is 16.3. The maximum absolute atomic E-state index is 3.75. The highest BCUT2D eigenvalue weighted by Gasteiger charge is 2.31. The van der Waals surface area contributed by atoms with E-state index >= 15 is 0 Å². The van der Waals surface area contributed by atoms with Gasteiger partial charge in [0.2, 0.25) is 0 Å². The Morgan fingerprint density at radius 2 is 1.55 bits per heavy atom. The van der Waals surface area contributed by atoms with Crippen LogP contribution in [-0.2, 0) is 0 Å². The van der Waals surface area contributed by atoms with Crippen molar-refractivity contribution < 1.29 is 0 Å². The van der Waals surface area contributed by atoms with Crippen molar-refractivity contribution >= 4 is 0 Å². The summed E-state index contributed by atoms with van der Waals surface area (Å²) >= 11 is 0. The second kappa shape index (κ2) is 7.82. The molecular weight excluding hydrogens is 242 g/mol. The lowest BCUT2D eigenvalue weighted by Crippen LogP contribution is -2.32. The molecule has 0 spiro atoms. The van der Waals surface area contributed by atoms with Crippen LogP contribution in [0.15, 0.2) is 0 Å². The molecule has 0 unspecified atom stereocenters. The molecule has 0 heterocycles. The average molecular weight is 280 g/mol. The van der Waals surface area contributed by atoms with Gasteiger partial charge in [0.05, 0.1) is 0 Å². The van der Waals surface area contributed by atoms with Gasteiger partial charge in [-0.25, -0.2) is 0 Å². The van der Waals surface area contributed by atoms with Gasteiger partial charge in [0, 0.05) is 0 Å². The Morgan fingerprint density at radius 1 is 0.900 bits per heavy atom. The molecular formula is C19H37N. The minimum Gasteiger partial charge on any atom is -0.316 e. The fourth-order valence-electron chi connectivity index (χ4n) is 4.35. The molecule has 0 aromatic heterocycles. The molecule has 2 aliphatic rings. The van der Waals surface area contributed by atoms with Crippen molar-refractivity contribution in [3.63, 3.8) is 0 Å². The second-order valence-electron chi connectivity index (χ2n) is 8.20. The van der Waals surface area contributed by atoms with Gasteiger partial charge in [-0.15, -0.1) is 0 Å². The number of hydrogen-bond acceptors (Lipinski definition) is 1. The first-order valence-corrected chi connectivity index (χ1v) is 9.32. The maximum atomic E-state index is 3.75. The third-order valence-electron chi connectivity index (χ3n) is 6.50. The van der Waals surface area contributed by atoms with E-state index in [0.29, 0.717) is 5.41 Å². The Balaban J connectivity index is 1.55. The van der Waals surface area contributed by atoms with Crippen molar-refractivity contribution in [3.8, 4) is 0 Å². The molecule has 0 bridgehead atoms. The zero-order chi connectivity index (χ0) is 14.4. The van der Waals surface area contributed by atoms with Gasteiger partial charge in [0.15, 0.2) is 0 Å². The highest BCUT2D eigenvalue weighted by atomic mass is 14.9. The molecule has 20 heavy (non-hydrogen) atoms. The summed E-state index contributed by atoms with van der Waals surface area (Å²) in [6.45, 7) is 9.85. The Hall–Kier alpha value is -0.0400. The van der Waals surface area contributed by atoms with E-state index in [4.69, 9.17) is 0 Å². The largest absolute Gasteiger partial charge is 0.316 e. The third-order valence-corrected chi connectivity index (χ3v) is 6.50. The SMILES string of the molecule is CCC(C)(C)C1CCC(CNCCC2CCCC2)CC1. The van der Waals surface area contributed by atoms with Crippen LogP contribution in [0.25, 0.3) is 0 Å². The van der Waals surface area contributed by atoms with E-state index in [-0.39, 0.29) is 0 Å². The molecule has 1 heteroatoms. The Kier molecular flexibility index (Phi) is 6.39. The van der Waals surface area contributed by atoms with Gasteiger partial charge in [-0.1, -0.05) is 52.9 Å². The molecule has 2 fully saturated rings. The number of hydrogen-bond donors (Lipinski definition) is 1. The van der Waals surface area contributed by atoms with E-state index in [9.17, 15) is 0 Å². The summed E-state index contributed by atoms with van der Waals surface area (Å²) in [5, 5.41) is 3.75. The quantitative estimate of drug-likeness (QED) is 0.615. The predicted molar refractivity (Wildman–Crippen MR) is 89.0 cm³/mol. The van der Waals surface area contributed by atoms with Crippen LogP contribution in [0, 0.1) is 23.2 Å². The van der Waals surface area contributed by atoms with Gasteiger partial charge in [0.25, 0.3) is 0 Å². The van der Waals surface area contributed by atoms with Crippen LogP contribution in [0.4, 0.5) is 0 Å². The molecule has 0 amide bonds. The fraction of sp³-hybridized carbons (Fsp3) is 1.00. The molecule has 0 aromatic rings. The summed E-state index contributed by atoms with van der Waals surface area (Å²) in [6, 6.07) is 0. The molecule has 2 rings (SSSR count). The van der Waals surface area contributed by atoms with E-state index in [1.165, 1.54) is 77.3 Å². The summed E-state index contributed by atoms with van der Waals surface area (Å²) < 4.78 is 0. The Morgan fingerprint density at radius 3 is 2.15 bits per heavy atom. The van der Waals surface area contributed by atoms with Crippen molar-refractivity contribution in [2.75, 3.05) is 13.1 Å². The number of rotatable bonds is 7. The summed E-state index contributed by atoms with van der Waals surface area (Å²) in [7, 11) is 0. The van der Waals surface area contributed by atoms with Crippen LogP contribution in [0.5, 0.6) is 0 Å². The minimum absolute atomic E-state index is 0.570. The highest BCUT2D eigenvalue weighted by Crippen LogP contribution is 2.41. The van der Waals surface area contributed by atoms with Crippen molar-refractivity contribution in [2.45, 2.75) is 85.0 Å². The van der Waals surface area contributed by atoms with Crippen LogP contribution in [0.3, 0.4) is 0 Å². The molecule has 0 radical (unpaired) electrons. The predicted octanol–water partition coefficient (Wildman–Crippen LogP) is 5.40. The lowest BCUT2D eigenvalue weighted by atomic mass is 9.67. The molecule has 2 aliphatic carbocycles. The topological polar surface area (TPSA) is 12.0 Å². The minimum atomic E-state index is 0.570. The summed E-state index contributed by atoms with van der Waals surface area (Å²) in [4.78, 5) is 0.